The predicted molar refractivity (Wildman–Crippen MR) is 281 cm³/mol. The Hall–Kier alpha value is -1.85. The first-order valence-corrected chi connectivity index (χ1v) is 28.4. The highest BCUT2D eigenvalue weighted by Crippen LogP contribution is 2.23. The maximum atomic E-state index is 13.0. The SMILES string of the molecule is CC/C=C\C/C=C\C/C=C\CCCCCCCCCC(=O)NC(COC1OC(CO)C(O)C(O)C1O)C(O)/C=C/CCCCCCCCCCCCCCCCCCCCCCCCCCC. The van der Waals surface area contributed by atoms with Crippen LogP contribution in [-0.2, 0) is 14.3 Å². The van der Waals surface area contributed by atoms with Crippen molar-refractivity contribution in [2.24, 2.45) is 0 Å². The summed E-state index contributed by atoms with van der Waals surface area (Å²) in [5.41, 5.74) is 0. The molecule has 0 spiro atoms. The second-order valence-electron chi connectivity index (χ2n) is 19.7. The fourth-order valence-corrected chi connectivity index (χ4v) is 8.94. The van der Waals surface area contributed by atoms with Crippen LogP contribution in [0, 0.1) is 0 Å². The molecule has 9 heteroatoms. The van der Waals surface area contributed by atoms with Gasteiger partial charge in [-0.05, 0) is 51.4 Å². The summed E-state index contributed by atoms with van der Waals surface area (Å²) in [6.07, 6.45) is 56.1. The molecule has 0 radical (unpaired) electrons. The van der Waals surface area contributed by atoms with Crippen LogP contribution in [-0.4, -0.2) is 87.5 Å². The van der Waals surface area contributed by atoms with E-state index < -0.39 is 49.5 Å². The highest BCUT2D eigenvalue weighted by Gasteiger charge is 2.44. The van der Waals surface area contributed by atoms with Gasteiger partial charge in [0.05, 0.1) is 25.4 Å². The van der Waals surface area contributed by atoms with Crippen molar-refractivity contribution in [3.8, 4) is 0 Å². The molecule has 1 saturated heterocycles. The first-order chi connectivity index (χ1) is 32.8. The second kappa shape index (κ2) is 47.8. The van der Waals surface area contributed by atoms with Crippen LogP contribution in [0.25, 0.3) is 0 Å². The number of carbonyl (C=O) groups is 1. The molecule has 1 rings (SSSR count). The van der Waals surface area contributed by atoms with Crippen molar-refractivity contribution in [3.05, 3.63) is 48.6 Å². The predicted octanol–water partition coefficient (Wildman–Crippen LogP) is 13.7. The van der Waals surface area contributed by atoms with Gasteiger partial charge < -0.3 is 40.3 Å². The molecule has 0 aromatic carbocycles. The number of carbonyl (C=O) groups excluding carboxylic acids is 1. The Bertz CT molecular complexity index is 1190. The van der Waals surface area contributed by atoms with Crippen LogP contribution in [0.4, 0.5) is 0 Å². The van der Waals surface area contributed by atoms with Gasteiger partial charge in [0.1, 0.15) is 24.4 Å². The molecule has 67 heavy (non-hydrogen) atoms. The quantitative estimate of drug-likeness (QED) is 0.0261. The Morgan fingerprint density at radius 1 is 0.522 bits per heavy atom. The van der Waals surface area contributed by atoms with E-state index in [4.69, 9.17) is 9.47 Å². The summed E-state index contributed by atoms with van der Waals surface area (Å²) >= 11 is 0. The molecule has 0 aliphatic carbocycles. The van der Waals surface area contributed by atoms with Gasteiger partial charge in [-0.25, -0.2) is 0 Å². The van der Waals surface area contributed by atoms with Crippen LogP contribution < -0.4 is 5.32 Å². The third-order valence-electron chi connectivity index (χ3n) is 13.4. The largest absolute Gasteiger partial charge is 0.394 e. The van der Waals surface area contributed by atoms with Gasteiger partial charge in [0.25, 0.3) is 0 Å². The molecular weight excluding hydrogens is 839 g/mol. The van der Waals surface area contributed by atoms with Crippen LogP contribution in [0.2, 0.25) is 0 Å². The lowest BCUT2D eigenvalue weighted by atomic mass is 9.99. The number of aliphatic hydroxyl groups is 5. The molecule has 1 heterocycles. The van der Waals surface area contributed by atoms with Crippen LogP contribution >= 0.6 is 0 Å². The van der Waals surface area contributed by atoms with Gasteiger partial charge in [0.15, 0.2) is 6.29 Å². The van der Waals surface area contributed by atoms with Crippen LogP contribution in [0.1, 0.15) is 258 Å². The summed E-state index contributed by atoms with van der Waals surface area (Å²) < 4.78 is 11.3. The minimum absolute atomic E-state index is 0.186. The molecule has 392 valence electrons. The number of rotatable bonds is 48. The molecule has 1 aliphatic rings. The van der Waals surface area contributed by atoms with E-state index in [-0.39, 0.29) is 12.5 Å². The minimum Gasteiger partial charge on any atom is -0.394 e. The fourth-order valence-electron chi connectivity index (χ4n) is 8.94. The average Bonchev–Trinajstić information content (AvgIpc) is 3.33. The van der Waals surface area contributed by atoms with Crippen molar-refractivity contribution >= 4 is 5.91 Å². The van der Waals surface area contributed by atoms with Crippen LogP contribution in [0.15, 0.2) is 48.6 Å². The van der Waals surface area contributed by atoms with Gasteiger partial charge >= 0.3 is 0 Å². The minimum atomic E-state index is -1.57. The van der Waals surface area contributed by atoms with Crippen molar-refractivity contribution in [1.82, 2.24) is 5.32 Å². The third-order valence-corrected chi connectivity index (χ3v) is 13.4. The summed E-state index contributed by atoms with van der Waals surface area (Å²) in [6.45, 7) is 3.68. The first kappa shape index (κ1) is 63.2. The zero-order valence-corrected chi connectivity index (χ0v) is 43.4. The van der Waals surface area contributed by atoms with Gasteiger partial charge in [-0.2, -0.15) is 0 Å². The standard InChI is InChI=1S/C58H107NO8/c1-3-5-7-9-11-13-15-17-19-21-22-23-24-25-26-27-28-29-30-32-33-35-37-39-41-43-45-47-52(61)51(50-66-58-57(65)56(64)55(63)53(49-60)67-58)59-54(62)48-46-44-42-40-38-36-34-31-20-18-16-14-12-10-8-6-4-2/h6,8,12,14,18,20,45,47,51-53,55-58,60-61,63-65H,3-5,7,9-11,13,15-17,19,21-44,46,48-50H2,1-2H3,(H,59,62)/b8-6-,14-12-,20-18-,47-45+. The van der Waals surface area contributed by atoms with Crippen LogP contribution in [0.5, 0.6) is 0 Å². The number of aliphatic hydroxyl groups excluding tert-OH is 5. The Kier molecular flexibility index (Phi) is 45.1. The number of unbranched alkanes of at least 4 members (excludes halogenated alkanes) is 32. The number of ether oxygens (including phenoxy) is 2. The molecule has 7 unspecified atom stereocenters. The first-order valence-electron chi connectivity index (χ1n) is 28.4. The lowest BCUT2D eigenvalue weighted by molar-refractivity contribution is -0.302. The Labute approximate surface area is 412 Å². The fraction of sp³-hybridized carbons (Fsp3) is 0.845. The van der Waals surface area contributed by atoms with E-state index in [0.717, 1.165) is 70.6 Å². The van der Waals surface area contributed by atoms with Gasteiger partial charge in [-0.1, -0.05) is 249 Å². The molecule has 0 bridgehead atoms. The number of amides is 1. The van der Waals surface area contributed by atoms with Crippen LogP contribution in [0.3, 0.4) is 0 Å². The van der Waals surface area contributed by atoms with E-state index in [1.54, 1.807) is 6.08 Å². The van der Waals surface area contributed by atoms with E-state index in [1.165, 1.54) is 167 Å². The molecule has 1 aliphatic heterocycles. The highest BCUT2D eigenvalue weighted by molar-refractivity contribution is 5.76. The summed E-state index contributed by atoms with van der Waals surface area (Å²) in [6, 6.07) is -0.812. The van der Waals surface area contributed by atoms with E-state index in [2.05, 4.69) is 55.6 Å². The zero-order valence-electron chi connectivity index (χ0n) is 43.4. The molecule has 0 saturated carbocycles. The number of nitrogens with one attached hydrogen (secondary N) is 1. The molecule has 1 amide bonds. The van der Waals surface area contributed by atoms with Gasteiger partial charge in [-0.3, -0.25) is 4.79 Å². The maximum Gasteiger partial charge on any atom is 0.220 e. The van der Waals surface area contributed by atoms with Crippen molar-refractivity contribution in [3.63, 3.8) is 0 Å². The van der Waals surface area contributed by atoms with Gasteiger partial charge in [0, 0.05) is 6.42 Å². The normalized spacial score (nSPS) is 20.0. The summed E-state index contributed by atoms with van der Waals surface area (Å²) in [5, 5.41) is 54.5. The zero-order chi connectivity index (χ0) is 48.7. The molecule has 6 N–H and O–H groups in total. The van der Waals surface area contributed by atoms with Gasteiger partial charge in [0.2, 0.25) is 5.91 Å². The highest BCUT2D eigenvalue weighted by atomic mass is 16.7. The Morgan fingerprint density at radius 3 is 1.37 bits per heavy atom. The van der Waals surface area contributed by atoms with Crippen molar-refractivity contribution in [2.75, 3.05) is 13.2 Å². The number of hydrogen-bond donors (Lipinski definition) is 6. The van der Waals surface area contributed by atoms with E-state index >= 15 is 0 Å². The Balaban J connectivity index is 2.22. The topological polar surface area (TPSA) is 149 Å². The molecule has 0 aromatic heterocycles. The van der Waals surface area contributed by atoms with E-state index in [1.807, 2.05) is 6.08 Å². The average molecular weight is 946 g/mol. The third kappa shape index (κ3) is 37.6. The molecule has 0 aromatic rings. The Morgan fingerprint density at radius 2 is 0.925 bits per heavy atom. The molecular formula is C58H107NO8. The van der Waals surface area contributed by atoms with E-state index in [0.29, 0.717) is 6.42 Å². The molecule has 1 fully saturated rings. The van der Waals surface area contributed by atoms with Crippen molar-refractivity contribution < 1.29 is 39.8 Å². The monoisotopic (exact) mass is 946 g/mol. The van der Waals surface area contributed by atoms with Crippen molar-refractivity contribution in [1.29, 1.82) is 0 Å². The second-order valence-corrected chi connectivity index (χ2v) is 19.7. The summed E-state index contributed by atoms with van der Waals surface area (Å²) in [5.74, 6) is -0.186. The smallest absolute Gasteiger partial charge is 0.220 e. The number of hydrogen-bond acceptors (Lipinski definition) is 8. The lowest BCUT2D eigenvalue weighted by Crippen LogP contribution is -2.60. The molecule has 7 atom stereocenters. The van der Waals surface area contributed by atoms with E-state index in [9.17, 15) is 30.3 Å². The summed E-state index contributed by atoms with van der Waals surface area (Å²) in [7, 11) is 0. The van der Waals surface area contributed by atoms with Gasteiger partial charge in [-0.15, -0.1) is 0 Å². The lowest BCUT2D eigenvalue weighted by Gasteiger charge is -2.40. The number of allylic oxidation sites excluding steroid dienone is 7. The summed E-state index contributed by atoms with van der Waals surface area (Å²) in [4.78, 5) is 13.0. The molecule has 9 nitrogen and oxygen atoms in total. The maximum absolute atomic E-state index is 13.0. The van der Waals surface area contributed by atoms with Crippen molar-refractivity contribution in [2.45, 2.75) is 301 Å².